The van der Waals surface area contributed by atoms with E-state index in [0.29, 0.717) is 0 Å². The molecule has 1 atom stereocenters. The number of hydrogen-bond donors (Lipinski definition) is 2. The molecule has 0 saturated heterocycles. The fourth-order valence-electron chi connectivity index (χ4n) is 0.911. The molecule has 1 amide bonds. The Morgan fingerprint density at radius 3 is 2.28 bits per heavy atom. The van der Waals surface area contributed by atoms with Crippen molar-refractivity contribution in [2.45, 2.75) is 38.5 Å². The molecule has 7 heteroatoms. The van der Waals surface area contributed by atoms with Crippen LogP contribution in [-0.2, 0) is 23.9 Å². The van der Waals surface area contributed by atoms with Crippen molar-refractivity contribution in [3.8, 4) is 0 Å². The maximum atomic E-state index is 11.5. The quantitative estimate of drug-likeness (QED) is 0.439. The van der Waals surface area contributed by atoms with E-state index in [-0.39, 0.29) is 13.2 Å². The highest BCUT2D eigenvalue weighted by molar-refractivity contribution is 7.81. The number of nitrogens with one attached hydrogen (secondary N) is 1. The third-order valence-corrected chi connectivity index (χ3v) is 1.99. The first-order chi connectivity index (χ1) is 8.17. The summed E-state index contributed by atoms with van der Waals surface area (Å²) in [6, 6.07) is 0. The second kappa shape index (κ2) is 7.25. The van der Waals surface area contributed by atoms with Gasteiger partial charge in [-0.05, 0) is 27.7 Å². The van der Waals surface area contributed by atoms with Crippen LogP contribution in [-0.4, -0.2) is 41.8 Å². The van der Waals surface area contributed by atoms with Crippen molar-refractivity contribution in [2.24, 2.45) is 0 Å². The van der Waals surface area contributed by atoms with E-state index in [1.807, 2.05) is 0 Å². The van der Waals surface area contributed by atoms with Crippen LogP contribution in [0, 0.1) is 0 Å². The number of carbonyl (C=O) groups is 3. The third kappa shape index (κ3) is 7.16. The maximum absolute atomic E-state index is 11.5. The molecule has 0 bridgehead atoms. The zero-order valence-corrected chi connectivity index (χ0v) is 11.9. The Balaban J connectivity index is 4.10. The maximum Gasteiger partial charge on any atom is 0.396 e. The number of carbonyl (C=O) groups excluding carboxylic acids is 3. The number of esters is 2. The molecule has 0 aromatic heterocycles. The van der Waals surface area contributed by atoms with Gasteiger partial charge in [0.25, 0.3) is 0 Å². The van der Waals surface area contributed by atoms with Crippen molar-refractivity contribution in [1.82, 2.24) is 5.32 Å². The molecule has 1 N–H and O–H groups in total. The van der Waals surface area contributed by atoms with Crippen LogP contribution < -0.4 is 5.32 Å². The van der Waals surface area contributed by atoms with Gasteiger partial charge in [-0.25, -0.2) is 4.79 Å². The number of hydrogen-bond acceptors (Lipinski definition) is 6. The molecule has 0 aliphatic rings. The monoisotopic (exact) mass is 277 g/mol. The zero-order chi connectivity index (χ0) is 14.3. The van der Waals surface area contributed by atoms with Gasteiger partial charge in [0.05, 0.1) is 6.61 Å². The first-order valence-corrected chi connectivity index (χ1v) is 6.05. The fraction of sp³-hybridized carbons (Fsp3) is 0.727. The molecule has 0 aliphatic heterocycles. The van der Waals surface area contributed by atoms with Gasteiger partial charge < -0.3 is 14.8 Å². The van der Waals surface area contributed by atoms with Gasteiger partial charge in [-0.15, -0.1) is 0 Å². The summed E-state index contributed by atoms with van der Waals surface area (Å²) >= 11 is 3.99. The summed E-state index contributed by atoms with van der Waals surface area (Å²) < 4.78 is 9.54. The summed E-state index contributed by atoms with van der Waals surface area (Å²) in [6.45, 7) is 6.78. The topological polar surface area (TPSA) is 81.7 Å². The van der Waals surface area contributed by atoms with Gasteiger partial charge in [-0.2, -0.15) is 12.6 Å². The normalized spacial score (nSPS) is 12.5. The molecule has 0 aromatic carbocycles. The van der Waals surface area contributed by atoms with E-state index in [1.165, 1.54) is 0 Å². The second-order valence-electron chi connectivity index (χ2n) is 4.48. The minimum Gasteiger partial charge on any atom is -0.459 e. The number of amides is 1. The summed E-state index contributed by atoms with van der Waals surface area (Å²) in [6.07, 6.45) is 0. The number of rotatable bonds is 4. The molecule has 0 spiro atoms. The molecular weight excluding hydrogens is 258 g/mol. The average molecular weight is 277 g/mol. The highest BCUT2D eigenvalue weighted by Crippen LogP contribution is 2.10. The van der Waals surface area contributed by atoms with Gasteiger partial charge in [0.15, 0.2) is 0 Å². The van der Waals surface area contributed by atoms with Crippen molar-refractivity contribution in [1.29, 1.82) is 0 Å². The highest BCUT2D eigenvalue weighted by atomic mass is 32.1. The van der Waals surface area contributed by atoms with E-state index < -0.39 is 28.7 Å². The molecule has 0 rings (SSSR count). The minimum absolute atomic E-state index is 0.102. The molecule has 6 nitrogen and oxygen atoms in total. The Labute approximate surface area is 112 Å². The Morgan fingerprint density at radius 2 is 1.83 bits per heavy atom. The largest absolute Gasteiger partial charge is 0.459 e. The van der Waals surface area contributed by atoms with E-state index in [0.717, 1.165) is 0 Å². The lowest BCUT2D eigenvalue weighted by Crippen LogP contribution is -2.40. The van der Waals surface area contributed by atoms with Crippen LogP contribution in [0.4, 0.5) is 0 Å². The van der Waals surface area contributed by atoms with Crippen LogP contribution in [0.25, 0.3) is 0 Å². The van der Waals surface area contributed by atoms with Gasteiger partial charge >= 0.3 is 17.8 Å². The molecule has 0 saturated carbocycles. The summed E-state index contributed by atoms with van der Waals surface area (Å²) in [5.74, 6) is -2.45. The van der Waals surface area contributed by atoms with Gasteiger partial charge in [0, 0.05) is 6.54 Å². The molecule has 18 heavy (non-hydrogen) atoms. The van der Waals surface area contributed by atoms with Gasteiger partial charge in [-0.1, -0.05) is 0 Å². The second-order valence-corrected chi connectivity index (χ2v) is 5.10. The van der Waals surface area contributed by atoms with Crippen LogP contribution in [0.2, 0.25) is 0 Å². The van der Waals surface area contributed by atoms with Crippen molar-refractivity contribution in [2.75, 3.05) is 13.2 Å². The molecule has 104 valence electrons. The molecule has 0 aliphatic carbocycles. The number of ether oxygens (including phenoxy) is 2. The van der Waals surface area contributed by atoms with Crippen LogP contribution in [0.1, 0.15) is 27.7 Å². The highest BCUT2D eigenvalue weighted by Gasteiger charge is 2.24. The van der Waals surface area contributed by atoms with Crippen LogP contribution >= 0.6 is 12.6 Å². The molecule has 0 radical (unpaired) electrons. The van der Waals surface area contributed by atoms with E-state index >= 15 is 0 Å². The van der Waals surface area contributed by atoms with Gasteiger partial charge in [0.2, 0.25) is 0 Å². The molecule has 0 aromatic rings. The van der Waals surface area contributed by atoms with E-state index in [2.05, 4.69) is 22.7 Å². The predicted molar refractivity (Wildman–Crippen MR) is 68.3 cm³/mol. The van der Waals surface area contributed by atoms with Gasteiger partial charge in [0.1, 0.15) is 10.9 Å². The Morgan fingerprint density at radius 1 is 1.28 bits per heavy atom. The fourth-order valence-corrected chi connectivity index (χ4v) is 1.06. The summed E-state index contributed by atoms with van der Waals surface area (Å²) in [5.41, 5.74) is -0.622. The van der Waals surface area contributed by atoms with Crippen molar-refractivity contribution in [3.63, 3.8) is 0 Å². The molecule has 0 heterocycles. The van der Waals surface area contributed by atoms with Crippen molar-refractivity contribution in [3.05, 3.63) is 0 Å². The predicted octanol–water partition coefficient (Wildman–Crippen LogP) is 0.306. The SMILES string of the molecule is CCOC(=O)C(=O)NCC(S)C(=O)OC(C)(C)C. The van der Waals surface area contributed by atoms with E-state index in [9.17, 15) is 14.4 Å². The van der Waals surface area contributed by atoms with Gasteiger partial charge in [-0.3, -0.25) is 9.59 Å². The lowest BCUT2D eigenvalue weighted by Gasteiger charge is -2.21. The minimum atomic E-state index is -0.984. The Kier molecular flexibility index (Phi) is 6.75. The lowest BCUT2D eigenvalue weighted by atomic mass is 10.2. The average Bonchev–Trinajstić information content (AvgIpc) is 2.23. The molecule has 1 unspecified atom stereocenters. The summed E-state index contributed by atoms with van der Waals surface area (Å²) in [4.78, 5) is 33.7. The number of thiol groups is 1. The zero-order valence-electron chi connectivity index (χ0n) is 11.0. The summed E-state index contributed by atoms with van der Waals surface area (Å²) in [7, 11) is 0. The Bertz CT molecular complexity index is 324. The first kappa shape index (κ1) is 16.8. The standard InChI is InChI=1S/C11H19NO5S/c1-5-16-10(15)8(13)12-6-7(18)9(14)17-11(2,3)4/h7,18H,5-6H2,1-4H3,(H,12,13). The molecular formula is C11H19NO5S. The van der Waals surface area contributed by atoms with Crippen LogP contribution in [0.5, 0.6) is 0 Å². The lowest BCUT2D eigenvalue weighted by molar-refractivity contribution is -0.156. The first-order valence-electron chi connectivity index (χ1n) is 5.53. The smallest absolute Gasteiger partial charge is 0.396 e. The molecule has 0 fully saturated rings. The van der Waals surface area contributed by atoms with E-state index in [1.54, 1.807) is 27.7 Å². The van der Waals surface area contributed by atoms with Crippen molar-refractivity contribution >= 4 is 30.5 Å². The van der Waals surface area contributed by atoms with Crippen LogP contribution in [0.15, 0.2) is 0 Å². The summed E-state index contributed by atoms with van der Waals surface area (Å²) in [5, 5.41) is 1.41. The third-order valence-electron chi connectivity index (χ3n) is 1.60. The van der Waals surface area contributed by atoms with E-state index in [4.69, 9.17) is 4.74 Å². The Hall–Kier alpha value is -1.24. The van der Waals surface area contributed by atoms with Crippen molar-refractivity contribution < 1.29 is 23.9 Å². The van der Waals surface area contributed by atoms with Crippen LogP contribution in [0.3, 0.4) is 0 Å².